The molecule has 0 heterocycles. The zero-order valence-electron chi connectivity index (χ0n) is 12.9. The van der Waals surface area contributed by atoms with Crippen molar-refractivity contribution in [2.45, 2.75) is 25.3 Å². The summed E-state index contributed by atoms with van der Waals surface area (Å²) in [5, 5.41) is 17.8. The average Bonchev–Trinajstić information content (AvgIpc) is 3.21. The van der Waals surface area contributed by atoms with E-state index in [2.05, 4.69) is 28.0 Å². The molecule has 23 heavy (non-hydrogen) atoms. The van der Waals surface area contributed by atoms with E-state index in [1.54, 1.807) is 24.4 Å². The van der Waals surface area contributed by atoms with Gasteiger partial charge in [-0.1, -0.05) is 24.3 Å². The fourth-order valence-electron chi connectivity index (χ4n) is 4.67. The van der Waals surface area contributed by atoms with Crippen LogP contribution in [0.25, 0.3) is 0 Å². The molecule has 5 atom stereocenters. The lowest BCUT2D eigenvalue weighted by Crippen LogP contribution is -2.45. The molecule has 0 saturated heterocycles. The summed E-state index contributed by atoms with van der Waals surface area (Å²) in [6.07, 6.45) is 10.2. The van der Waals surface area contributed by atoms with Gasteiger partial charge in [0.2, 0.25) is 0 Å². The van der Waals surface area contributed by atoms with Crippen LogP contribution in [0.15, 0.2) is 41.5 Å². The third-order valence-electron chi connectivity index (χ3n) is 5.63. The Hall–Kier alpha value is -1.88. The van der Waals surface area contributed by atoms with Crippen LogP contribution in [-0.4, -0.2) is 22.5 Å². The SMILES string of the molecule is Oc1ccccc1/C=N\NC(=S)N[C@@H]1C[C@H]2C[C@H]1[C@@H]1C=CC[C@@H]21. The first-order valence-electron chi connectivity index (χ1n) is 8.26. The molecule has 4 rings (SSSR count). The molecule has 0 unspecified atom stereocenters. The second-order valence-electron chi connectivity index (χ2n) is 6.81. The van der Waals surface area contributed by atoms with Crippen molar-refractivity contribution in [3.05, 3.63) is 42.0 Å². The summed E-state index contributed by atoms with van der Waals surface area (Å²) in [5.74, 6) is 3.41. The van der Waals surface area contributed by atoms with Gasteiger partial charge < -0.3 is 10.4 Å². The first-order chi connectivity index (χ1) is 11.2. The van der Waals surface area contributed by atoms with Crippen molar-refractivity contribution >= 4 is 23.5 Å². The number of nitrogens with one attached hydrogen (secondary N) is 2. The second kappa shape index (κ2) is 5.96. The van der Waals surface area contributed by atoms with E-state index in [0.29, 0.717) is 22.6 Å². The van der Waals surface area contributed by atoms with E-state index in [1.165, 1.54) is 19.3 Å². The molecule has 2 fully saturated rings. The summed E-state index contributed by atoms with van der Waals surface area (Å²) in [5.41, 5.74) is 3.53. The normalized spacial score (nSPS) is 34.0. The number of nitrogens with zero attached hydrogens (tertiary/aromatic N) is 1. The Morgan fingerprint density at radius 2 is 2.13 bits per heavy atom. The predicted octanol–water partition coefficient (Wildman–Crippen LogP) is 2.79. The molecule has 2 bridgehead atoms. The van der Waals surface area contributed by atoms with Crippen molar-refractivity contribution in [1.29, 1.82) is 0 Å². The van der Waals surface area contributed by atoms with E-state index < -0.39 is 0 Å². The number of allylic oxidation sites excluding steroid dienone is 2. The number of phenolic OH excluding ortho intramolecular Hbond substituents is 1. The Morgan fingerprint density at radius 1 is 1.26 bits per heavy atom. The molecule has 4 nitrogen and oxygen atoms in total. The Bertz CT molecular complexity index is 672. The molecule has 0 radical (unpaired) electrons. The third kappa shape index (κ3) is 2.74. The molecule has 0 amide bonds. The van der Waals surface area contributed by atoms with Crippen LogP contribution in [0.1, 0.15) is 24.8 Å². The molecule has 120 valence electrons. The number of hydrazone groups is 1. The molecule has 0 spiro atoms. The van der Waals surface area contributed by atoms with Gasteiger partial charge in [0.15, 0.2) is 5.11 Å². The summed E-state index contributed by atoms with van der Waals surface area (Å²) in [6, 6.07) is 7.55. The number of hydrogen-bond acceptors (Lipinski definition) is 3. The van der Waals surface area contributed by atoms with Gasteiger partial charge in [0.1, 0.15) is 5.75 Å². The highest BCUT2D eigenvalue weighted by atomic mass is 32.1. The summed E-state index contributed by atoms with van der Waals surface area (Å²) >= 11 is 5.36. The van der Waals surface area contributed by atoms with Gasteiger partial charge >= 0.3 is 0 Å². The smallest absolute Gasteiger partial charge is 0.187 e. The van der Waals surface area contributed by atoms with Gasteiger partial charge in [-0.2, -0.15) is 5.10 Å². The predicted molar refractivity (Wildman–Crippen MR) is 95.3 cm³/mol. The number of phenols is 1. The number of aromatic hydroxyl groups is 1. The average molecular weight is 327 g/mol. The van der Waals surface area contributed by atoms with Gasteiger partial charge in [-0.15, -0.1) is 0 Å². The Balaban J connectivity index is 1.31. The minimum atomic E-state index is 0.212. The van der Waals surface area contributed by atoms with Crippen LogP contribution in [0.5, 0.6) is 5.75 Å². The highest BCUT2D eigenvalue weighted by Gasteiger charge is 2.52. The van der Waals surface area contributed by atoms with Crippen molar-refractivity contribution in [3.8, 4) is 5.75 Å². The van der Waals surface area contributed by atoms with E-state index in [-0.39, 0.29) is 5.75 Å². The number of benzene rings is 1. The number of fused-ring (bicyclic) bond motifs is 5. The minimum absolute atomic E-state index is 0.212. The van der Waals surface area contributed by atoms with Gasteiger partial charge in [0.05, 0.1) is 6.21 Å². The summed E-state index contributed by atoms with van der Waals surface area (Å²) in [4.78, 5) is 0. The van der Waals surface area contributed by atoms with Crippen LogP contribution in [0.2, 0.25) is 0 Å². The first kappa shape index (κ1) is 14.7. The zero-order valence-corrected chi connectivity index (χ0v) is 13.7. The molecule has 1 aromatic rings. The number of hydrogen-bond donors (Lipinski definition) is 3. The molecule has 3 aliphatic carbocycles. The van der Waals surface area contributed by atoms with Crippen molar-refractivity contribution in [2.75, 3.05) is 0 Å². The van der Waals surface area contributed by atoms with Crippen molar-refractivity contribution in [1.82, 2.24) is 10.7 Å². The molecule has 3 N–H and O–H groups in total. The van der Waals surface area contributed by atoms with E-state index >= 15 is 0 Å². The quantitative estimate of drug-likeness (QED) is 0.346. The van der Waals surface area contributed by atoms with Crippen molar-refractivity contribution in [3.63, 3.8) is 0 Å². The highest BCUT2D eigenvalue weighted by molar-refractivity contribution is 7.80. The maximum absolute atomic E-state index is 9.69. The van der Waals surface area contributed by atoms with Crippen LogP contribution in [-0.2, 0) is 0 Å². The lowest BCUT2D eigenvalue weighted by Gasteiger charge is -2.32. The van der Waals surface area contributed by atoms with Crippen molar-refractivity contribution < 1.29 is 5.11 Å². The highest BCUT2D eigenvalue weighted by Crippen LogP contribution is 2.56. The fourth-order valence-corrected chi connectivity index (χ4v) is 4.87. The summed E-state index contributed by atoms with van der Waals surface area (Å²) in [7, 11) is 0. The number of thiocarbonyl (C=S) groups is 1. The summed E-state index contributed by atoms with van der Waals surface area (Å²) < 4.78 is 0. The zero-order chi connectivity index (χ0) is 15.8. The van der Waals surface area contributed by atoms with E-state index in [0.717, 1.165) is 17.8 Å². The molecule has 2 saturated carbocycles. The van der Waals surface area contributed by atoms with Crippen LogP contribution in [0.3, 0.4) is 0 Å². The number of rotatable bonds is 3. The number of para-hydroxylation sites is 1. The standard InChI is InChI=1S/C18H21N3OS/c22-17-7-2-1-4-11(17)10-19-21-18(23)20-16-9-12-8-15(16)14-6-3-5-13(12)14/h1-4,6-7,10,12-16,22H,5,8-9H2,(H2,20,21,23)/b19-10-/t12-,13+,14-,15+,16-/m1/s1. The monoisotopic (exact) mass is 327 g/mol. The molecule has 0 aromatic heterocycles. The van der Waals surface area contributed by atoms with Crippen LogP contribution in [0.4, 0.5) is 0 Å². The molecule has 1 aromatic carbocycles. The molecule has 3 aliphatic rings. The van der Waals surface area contributed by atoms with E-state index in [4.69, 9.17) is 12.2 Å². The Labute approximate surface area is 141 Å². The second-order valence-corrected chi connectivity index (χ2v) is 7.22. The third-order valence-corrected chi connectivity index (χ3v) is 5.84. The Kier molecular flexibility index (Phi) is 3.81. The lowest BCUT2D eigenvalue weighted by atomic mass is 9.79. The van der Waals surface area contributed by atoms with Gasteiger partial charge in [-0.25, -0.2) is 0 Å². The Morgan fingerprint density at radius 3 is 3.00 bits per heavy atom. The van der Waals surface area contributed by atoms with Gasteiger partial charge in [-0.05, 0) is 67.3 Å². The molecule has 0 aliphatic heterocycles. The van der Waals surface area contributed by atoms with Gasteiger partial charge in [0, 0.05) is 11.6 Å². The van der Waals surface area contributed by atoms with Gasteiger partial charge in [0.25, 0.3) is 0 Å². The van der Waals surface area contributed by atoms with Crippen molar-refractivity contribution in [2.24, 2.45) is 28.8 Å². The molecular formula is C18H21N3OS. The molecule has 5 heteroatoms. The van der Waals surface area contributed by atoms with Crippen LogP contribution >= 0.6 is 12.2 Å². The van der Waals surface area contributed by atoms with Crippen LogP contribution < -0.4 is 10.7 Å². The summed E-state index contributed by atoms with van der Waals surface area (Å²) in [6.45, 7) is 0. The van der Waals surface area contributed by atoms with E-state index in [9.17, 15) is 5.11 Å². The maximum Gasteiger partial charge on any atom is 0.187 e. The minimum Gasteiger partial charge on any atom is -0.507 e. The topological polar surface area (TPSA) is 56.7 Å². The van der Waals surface area contributed by atoms with Gasteiger partial charge in [-0.3, -0.25) is 5.43 Å². The van der Waals surface area contributed by atoms with E-state index in [1.807, 2.05) is 6.07 Å². The lowest BCUT2D eigenvalue weighted by molar-refractivity contribution is 0.246. The first-order valence-corrected chi connectivity index (χ1v) is 8.67. The molecular weight excluding hydrogens is 306 g/mol. The maximum atomic E-state index is 9.69. The largest absolute Gasteiger partial charge is 0.507 e. The van der Waals surface area contributed by atoms with Crippen LogP contribution in [0, 0.1) is 23.7 Å². The fraction of sp³-hybridized carbons (Fsp3) is 0.444.